The topological polar surface area (TPSA) is 101 Å². The molecule has 4 aliphatic carbocycles. The molecule has 2 fully saturated rings. The Morgan fingerprint density at radius 2 is 1.97 bits per heavy atom. The third kappa shape index (κ3) is 2.65. The summed E-state index contributed by atoms with van der Waals surface area (Å²) in [4.78, 5) is 36.2. The van der Waals surface area contributed by atoms with Gasteiger partial charge in [-0.05, 0) is 44.1 Å². The zero-order valence-electron chi connectivity index (χ0n) is 18.5. The minimum atomic E-state index is -2.01. The maximum Gasteiger partial charge on any atom is 0.303 e. The SMILES string of the molecule is CC(=O)OCC(=O)[C@@]1(O)[C@H](C)CC2C3CC=C4CC(=O)C=C[C@]4(C)[C@@]3(F)[C@@H](O)C[C@@]21C. The molecule has 0 spiro atoms. The van der Waals surface area contributed by atoms with Crippen LogP contribution in [0.2, 0.25) is 0 Å². The number of fused-ring (bicyclic) bond motifs is 5. The minimum absolute atomic E-state index is 0.0826. The minimum Gasteiger partial charge on any atom is -0.458 e. The Balaban J connectivity index is 1.77. The molecule has 2 N–H and O–H groups in total. The molecule has 0 radical (unpaired) electrons. The van der Waals surface area contributed by atoms with Crippen molar-refractivity contribution in [2.24, 2.45) is 28.6 Å². The van der Waals surface area contributed by atoms with Gasteiger partial charge in [0.25, 0.3) is 0 Å². The number of allylic oxidation sites excluding steroid dienone is 4. The third-order valence-corrected chi connectivity index (χ3v) is 9.02. The number of hydrogen-bond acceptors (Lipinski definition) is 6. The molecule has 2 saturated carbocycles. The molecule has 6 nitrogen and oxygen atoms in total. The lowest BCUT2D eigenvalue weighted by atomic mass is 9.45. The molecule has 0 aromatic heterocycles. The average molecular weight is 435 g/mol. The first kappa shape index (κ1) is 22.3. The van der Waals surface area contributed by atoms with Crippen LogP contribution in [0.15, 0.2) is 23.8 Å². The highest BCUT2D eigenvalue weighted by atomic mass is 19.1. The Bertz CT molecular complexity index is 910. The highest BCUT2D eigenvalue weighted by Gasteiger charge is 2.75. The Labute approximate surface area is 181 Å². The number of halogens is 1. The van der Waals surface area contributed by atoms with Crippen molar-refractivity contribution in [3.63, 3.8) is 0 Å². The number of carbonyl (C=O) groups excluding carboxylic acids is 3. The number of rotatable bonds is 3. The lowest BCUT2D eigenvalue weighted by Crippen LogP contribution is -2.69. The molecule has 0 saturated heterocycles. The summed E-state index contributed by atoms with van der Waals surface area (Å²) in [5.41, 5.74) is -5.34. The van der Waals surface area contributed by atoms with E-state index in [1.807, 2.05) is 6.08 Å². The van der Waals surface area contributed by atoms with E-state index in [9.17, 15) is 24.6 Å². The van der Waals surface area contributed by atoms with Crippen molar-refractivity contribution in [2.45, 2.75) is 70.8 Å². The van der Waals surface area contributed by atoms with Gasteiger partial charge in [-0.1, -0.05) is 31.6 Å². The van der Waals surface area contributed by atoms with Crippen LogP contribution in [0, 0.1) is 28.6 Å². The molecule has 0 aliphatic heterocycles. The van der Waals surface area contributed by atoms with Gasteiger partial charge in [-0.3, -0.25) is 14.4 Å². The fourth-order valence-corrected chi connectivity index (χ4v) is 7.32. The van der Waals surface area contributed by atoms with E-state index in [2.05, 4.69) is 0 Å². The first-order valence-electron chi connectivity index (χ1n) is 11.0. The Hall–Kier alpha value is -1.86. The van der Waals surface area contributed by atoms with Crippen molar-refractivity contribution in [3.05, 3.63) is 23.8 Å². The van der Waals surface area contributed by atoms with Gasteiger partial charge in [0.05, 0.1) is 6.10 Å². The van der Waals surface area contributed by atoms with Crippen LogP contribution in [0.25, 0.3) is 0 Å². The van der Waals surface area contributed by atoms with Crippen LogP contribution < -0.4 is 0 Å². The van der Waals surface area contributed by atoms with Gasteiger partial charge in [-0.25, -0.2) is 4.39 Å². The molecular weight excluding hydrogens is 403 g/mol. The second-order valence-electron chi connectivity index (χ2n) is 10.4. The van der Waals surface area contributed by atoms with E-state index in [4.69, 9.17) is 4.74 Å². The highest BCUT2D eigenvalue weighted by Crippen LogP contribution is 2.70. The summed E-state index contributed by atoms with van der Waals surface area (Å²) in [7, 11) is 0. The van der Waals surface area contributed by atoms with Crippen LogP contribution in [0.1, 0.15) is 53.4 Å². The predicted molar refractivity (Wildman–Crippen MR) is 109 cm³/mol. The van der Waals surface area contributed by atoms with Gasteiger partial charge in [0.15, 0.2) is 18.1 Å². The van der Waals surface area contributed by atoms with Gasteiger partial charge < -0.3 is 14.9 Å². The van der Waals surface area contributed by atoms with E-state index < -0.39 is 58.4 Å². The first-order valence-corrected chi connectivity index (χ1v) is 11.0. The van der Waals surface area contributed by atoms with E-state index in [0.29, 0.717) is 18.4 Å². The summed E-state index contributed by atoms with van der Waals surface area (Å²) >= 11 is 0. The zero-order chi connectivity index (χ0) is 23.0. The Morgan fingerprint density at radius 1 is 1.29 bits per heavy atom. The quantitative estimate of drug-likeness (QED) is 0.523. The van der Waals surface area contributed by atoms with Gasteiger partial charge in [0.2, 0.25) is 5.78 Å². The fourth-order valence-electron chi connectivity index (χ4n) is 7.32. The van der Waals surface area contributed by atoms with E-state index in [1.54, 1.807) is 26.8 Å². The van der Waals surface area contributed by atoms with E-state index in [0.717, 1.165) is 0 Å². The number of esters is 1. The van der Waals surface area contributed by atoms with Crippen molar-refractivity contribution >= 4 is 17.5 Å². The zero-order valence-corrected chi connectivity index (χ0v) is 18.5. The maximum absolute atomic E-state index is 17.0. The van der Waals surface area contributed by atoms with Crippen molar-refractivity contribution in [2.75, 3.05) is 6.61 Å². The molecule has 0 aromatic carbocycles. The highest BCUT2D eigenvalue weighted by molar-refractivity contribution is 5.94. The molecule has 7 heteroatoms. The molecule has 31 heavy (non-hydrogen) atoms. The van der Waals surface area contributed by atoms with Crippen LogP contribution >= 0.6 is 0 Å². The van der Waals surface area contributed by atoms with Crippen molar-refractivity contribution in [3.8, 4) is 0 Å². The number of aliphatic hydroxyl groups excluding tert-OH is 1. The summed E-state index contributed by atoms with van der Waals surface area (Å²) < 4.78 is 21.9. The predicted octanol–water partition coefficient (Wildman–Crippen LogP) is 2.47. The van der Waals surface area contributed by atoms with Crippen LogP contribution in [-0.4, -0.2) is 51.7 Å². The van der Waals surface area contributed by atoms with Crippen molar-refractivity contribution in [1.29, 1.82) is 0 Å². The third-order valence-electron chi connectivity index (χ3n) is 9.02. The van der Waals surface area contributed by atoms with Crippen LogP contribution in [0.3, 0.4) is 0 Å². The lowest BCUT2D eigenvalue weighted by molar-refractivity contribution is -0.215. The Kier molecular flexibility index (Phi) is 4.91. The lowest BCUT2D eigenvalue weighted by Gasteiger charge is -2.62. The molecule has 8 atom stereocenters. The molecular formula is C24H31FO6. The van der Waals surface area contributed by atoms with E-state index >= 15 is 4.39 Å². The summed E-state index contributed by atoms with van der Waals surface area (Å²) in [6.45, 7) is 5.88. The number of carbonyl (C=O) groups is 3. The van der Waals surface area contributed by atoms with Crippen molar-refractivity contribution in [1.82, 2.24) is 0 Å². The number of ether oxygens (including phenoxy) is 1. The van der Waals surface area contributed by atoms with Gasteiger partial charge in [0, 0.05) is 30.1 Å². The second kappa shape index (κ2) is 6.82. The smallest absolute Gasteiger partial charge is 0.303 e. The fraction of sp³-hybridized carbons (Fsp3) is 0.708. The van der Waals surface area contributed by atoms with Crippen molar-refractivity contribution < 1.29 is 33.7 Å². The second-order valence-corrected chi connectivity index (χ2v) is 10.4. The van der Waals surface area contributed by atoms with Gasteiger partial charge >= 0.3 is 5.97 Å². The summed E-state index contributed by atoms with van der Waals surface area (Å²) in [5, 5.41) is 22.9. The normalized spacial score (nSPS) is 48.4. The molecule has 0 heterocycles. The molecule has 0 bridgehead atoms. The van der Waals surface area contributed by atoms with Gasteiger partial charge in [0.1, 0.15) is 5.60 Å². The number of hydrogen-bond donors (Lipinski definition) is 2. The molecule has 2 unspecified atom stereocenters. The molecule has 4 aliphatic rings. The van der Waals surface area contributed by atoms with Crippen LogP contribution in [-0.2, 0) is 19.1 Å². The number of ketones is 2. The molecule has 0 amide bonds. The summed E-state index contributed by atoms with van der Waals surface area (Å²) in [6, 6.07) is 0. The van der Waals surface area contributed by atoms with Crippen LogP contribution in [0.5, 0.6) is 0 Å². The van der Waals surface area contributed by atoms with E-state index in [1.165, 1.54) is 13.0 Å². The molecule has 170 valence electrons. The average Bonchev–Trinajstić information content (AvgIpc) is 2.89. The van der Waals surface area contributed by atoms with E-state index in [-0.39, 0.29) is 24.5 Å². The number of aliphatic hydroxyl groups is 2. The number of Topliss-reactive ketones (excluding diaryl/α,β-unsaturated/α-hetero) is 1. The summed E-state index contributed by atoms with van der Waals surface area (Å²) in [5.74, 6) is -2.77. The standard InChI is InChI=1S/C24H31FO6/c1-13-9-18-17-6-5-15-10-16(27)7-8-21(15,3)23(17,25)19(28)11-22(18,4)24(13,30)20(29)12-31-14(2)26/h5,7-8,13,17-19,28,30H,6,9-12H2,1-4H3/t13-,17?,18?,19+,21+,22+,23+,24+/m1/s1. The largest absolute Gasteiger partial charge is 0.458 e. The molecule has 4 rings (SSSR count). The first-order chi connectivity index (χ1) is 14.3. The number of alkyl halides is 1. The van der Waals surface area contributed by atoms with Gasteiger partial charge in [-0.15, -0.1) is 0 Å². The Morgan fingerprint density at radius 3 is 2.61 bits per heavy atom. The molecule has 0 aromatic rings. The van der Waals surface area contributed by atoms with Crippen LogP contribution in [0.4, 0.5) is 4.39 Å². The summed E-state index contributed by atoms with van der Waals surface area (Å²) in [6.07, 6.45) is 4.26. The monoisotopic (exact) mass is 434 g/mol. The maximum atomic E-state index is 17.0. The van der Waals surface area contributed by atoms with Gasteiger partial charge in [-0.2, -0.15) is 0 Å².